The molecule has 22 heteroatoms. The number of esters is 1. The number of nitrogens with zero attached hydrogens (tertiary/aromatic N) is 4. The van der Waals surface area contributed by atoms with Crippen molar-refractivity contribution in [3.8, 4) is 0 Å². The third kappa shape index (κ3) is 7.28. The zero-order valence-electron chi connectivity index (χ0n) is 20.3. The number of aromatic nitrogens is 4. The fourth-order valence-corrected chi connectivity index (χ4v) is 6.81. The molecule has 1 aliphatic heterocycles. The van der Waals surface area contributed by atoms with Crippen LogP contribution in [-0.2, 0) is 36.3 Å². The fourth-order valence-electron chi connectivity index (χ4n) is 3.78. The normalized spacial score (nSPS) is 22.5. The average molecular weight is 624 g/mol. The molecule has 0 radical (unpaired) electrons. The first-order chi connectivity index (χ1) is 18.7. The summed E-state index contributed by atoms with van der Waals surface area (Å²) in [6, 6.07) is 6.45. The lowest BCUT2D eigenvalue weighted by Crippen LogP contribution is -2.31. The molecule has 5 unspecified atom stereocenters. The number of phosphoric ester groups is 1. The number of nitrogens with one attached hydrogen (secondary N) is 1. The van der Waals surface area contributed by atoms with E-state index in [9.17, 15) is 28.3 Å². The number of hydrogen-bond acceptors (Lipinski definition) is 14. The number of nitrogen functional groups attached to an aromatic ring is 1. The first-order valence-electron chi connectivity index (χ1n) is 11.0. The number of benzene rings is 1. The molecule has 0 saturated carbocycles. The number of nitrogens with two attached hydrogens (primary N) is 1. The third-order valence-corrected chi connectivity index (χ3v) is 9.17. The zero-order chi connectivity index (χ0) is 29.3. The van der Waals surface area contributed by atoms with Crippen molar-refractivity contribution in [2.24, 2.45) is 0 Å². The van der Waals surface area contributed by atoms with Crippen LogP contribution in [0.25, 0.3) is 11.2 Å². The van der Waals surface area contributed by atoms with E-state index in [0.717, 1.165) is 0 Å². The fraction of sp³-hybridized carbons (Fsp3) is 0.333. The minimum absolute atomic E-state index is 0.0345. The number of hydrogen-bond donors (Lipinski definition) is 6. The highest BCUT2D eigenvalue weighted by Crippen LogP contribution is 2.66. The molecule has 0 amide bonds. The molecule has 0 spiro atoms. The smallest absolute Gasteiger partial charge is 0.456 e. The van der Waals surface area contributed by atoms with Crippen molar-refractivity contribution < 1.29 is 60.7 Å². The van der Waals surface area contributed by atoms with Crippen LogP contribution in [0.3, 0.4) is 0 Å². The maximum absolute atomic E-state index is 13.0. The van der Waals surface area contributed by atoms with E-state index in [1.165, 1.54) is 23.3 Å². The van der Waals surface area contributed by atoms with Crippen molar-refractivity contribution in [2.75, 3.05) is 24.7 Å². The van der Waals surface area contributed by atoms with Crippen molar-refractivity contribution in [2.45, 2.75) is 24.9 Å². The molecule has 3 heterocycles. The maximum atomic E-state index is 13.0. The van der Waals surface area contributed by atoms with Crippen LogP contribution in [-0.4, -0.2) is 70.9 Å². The molecule has 1 fully saturated rings. The molecule has 1 aromatic carbocycles. The molecule has 3 aromatic rings. The van der Waals surface area contributed by atoms with Crippen molar-refractivity contribution in [3.05, 3.63) is 42.5 Å². The van der Waals surface area contributed by atoms with Crippen molar-refractivity contribution in [1.29, 1.82) is 0 Å². The van der Waals surface area contributed by atoms with Crippen LogP contribution < -0.4 is 11.1 Å². The Balaban J connectivity index is 1.55. The van der Waals surface area contributed by atoms with Gasteiger partial charge < -0.3 is 40.1 Å². The largest absolute Gasteiger partial charge is 0.490 e. The Bertz CT molecular complexity index is 1550. The van der Waals surface area contributed by atoms with Gasteiger partial charge in [-0.1, -0.05) is 12.1 Å². The number of carbonyl (C=O) groups excluding carboxylic acids is 1. The number of phosphoric acid groups is 3. The summed E-state index contributed by atoms with van der Waals surface area (Å²) in [7, 11) is -15.2. The van der Waals surface area contributed by atoms with Crippen LogP contribution in [0.4, 0.5) is 11.5 Å². The van der Waals surface area contributed by atoms with E-state index in [4.69, 9.17) is 29.5 Å². The monoisotopic (exact) mass is 624 g/mol. The SMILES string of the molecule is CNc1ccccc1C(=O)OC1CC(n2cnc3c(N)ncnc32)OC1COP(=O)(O)OP(=O)(O)OP(=O)(O)O. The summed E-state index contributed by atoms with van der Waals surface area (Å²) in [5.41, 5.74) is 7.00. The summed E-state index contributed by atoms with van der Waals surface area (Å²) in [6.07, 6.45) is -0.785. The highest BCUT2D eigenvalue weighted by Gasteiger charge is 2.44. The topological polar surface area (TPSA) is 277 Å². The van der Waals surface area contributed by atoms with Gasteiger partial charge in [0.25, 0.3) is 0 Å². The number of anilines is 2. The standard InChI is InChI=1S/C18H23N6O13P3/c1-20-11-5-3-2-4-10(11)18(25)35-12-6-14(24-9-23-15-16(19)21-8-22-17(15)24)34-13(12)7-33-39(29,30)37-40(31,32)36-38(26,27)28/h2-5,8-9,12-14,20H,6-7H2,1H3,(H,29,30)(H,31,32)(H2,19,21,22)(H2,26,27,28). The molecule has 0 bridgehead atoms. The van der Waals surface area contributed by atoms with Gasteiger partial charge in [-0.25, -0.2) is 33.4 Å². The number of imidazole rings is 1. The minimum Gasteiger partial charge on any atom is -0.456 e. The number of carbonyl (C=O) groups is 1. The first kappa shape index (κ1) is 30.2. The minimum atomic E-state index is -5.74. The average Bonchev–Trinajstić information content (AvgIpc) is 3.45. The number of fused-ring (bicyclic) bond motifs is 1. The zero-order valence-corrected chi connectivity index (χ0v) is 23.0. The van der Waals surface area contributed by atoms with Crippen LogP contribution >= 0.6 is 23.5 Å². The summed E-state index contributed by atoms with van der Waals surface area (Å²) in [6.45, 7) is -0.852. The third-order valence-electron chi connectivity index (χ3n) is 5.37. The molecule has 4 rings (SSSR count). The molecule has 19 nitrogen and oxygen atoms in total. The van der Waals surface area contributed by atoms with Crippen LogP contribution in [0.15, 0.2) is 36.9 Å². The van der Waals surface area contributed by atoms with Gasteiger partial charge in [-0.05, 0) is 12.1 Å². The van der Waals surface area contributed by atoms with Crippen molar-refractivity contribution >= 4 is 52.1 Å². The molecule has 1 saturated heterocycles. The van der Waals surface area contributed by atoms with Gasteiger partial charge in [0, 0.05) is 19.2 Å². The van der Waals surface area contributed by atoms with Crippen molar-refractivity contribution in [1.82, 2.24) is 19.5 Å². The molecule has 5 atom stereocenters. The second-order valence-electron chi connectivity index (χ2n) is 8.07. The summed E-state index contributed by atoms with van der Waals surface area (Å²) in [5, 5.41) is 2.85. The summed E-state index contributed by atoms with van der Waals surface area (Å²) in [4.78, 5) is 61.7. The molecule has 218 valence electrons. The lowest BCUT2D eigenvalue weighted by atomic mass is 10.1. The number of para-hydroxylation sites is 1. The van der Waals surface area contributed by atoms with Crippen LogP contribution in [0.5, 0.6) is 0 Å². The molecule has 7 N–H and O–H groups in total. The predicted molar refractivity (Wildman–Crippen MR) is 133 cm³/mol. The Hall–Kier alpha value is -2.79. The second kappa shape index (κ2) is 11.6. The molecular weight excluding hydrogens is 601 g/mol. The summed E-state index contributed by atoms with van der Waals surface area (Å²) >= 11 is 0. The Morgan fingerprint density at radius 3 is 2.55 bits per heavy atom. The predicted octanol–water partition coefficient (Wildman–Crippen LogP) is 1.31. The van der Waals surface area contributed by atoms with E-state index in [2.05, 4.69) is 28.9 Å². The molecular formula is C18H23N6O13P3. The summed E-state index contributed by atoms with van der Waals surface area (Å²) < 4.78 is 59.9. The highest BCUT2D eigenvalue weighted by atomic mass is 31.3. The molecule has 40 heavy (non-hydrogen) atoms. The summed E-state index contributed by atoms with van der Waals surface area (Å²) in [5.74, 6) is -0.679. The van der Waals surface area contributed by atoms with Gasteiger partial charge >= 0.3 is 29.4 Å². The Morgan fingerprint density at radius 1 is 1.12 bits per heavy atom. The van der Waals surface area contributed by atoms with Gasteiger partial charge in [-0.15, -0.1) is 0 Å². The van der Waals surface area contributed by atoms with Crippen molar-refractivity contribution in [3.63, 3.8) is 0 Å². The van der Waals surface area contributed by atoms with Gasteiger partial charge in [0.2, 0.25) is 0 Å². The van der Waals surface area contributed by atoms with E-state index >= 15 is 0 Å². The van der Waals surface area contributed by atoms with Crippen LogP contribution in [0.1, 0.15) is 23.0 Å². The van der Waals surface area contributed by atoms with E-state index in [0.29, 0.717) is 5.69 Å². The lowest BCUT2D eigenvalue weighted by Gasteiger charge is -2.21. The van der Waals surface area contributed by atoms with Gasteiger partial charge in [-0.3, -0.25) is 9.09 Å². The van der Waals surface area contributed by atoms with E-state index in [1.54, 1.807) is 25.2 Å². The molecule has 1 aliphatic rings. The quantitative estimate of drug-likeness (QED) is 0.129. The van der Waals surface area contributed by atoms with Gasteiger partial charge in [0.15, 0.2) is 11.5 Å². The Labute approximate surface area is 224 Å². The maximum Gasteiger partial charge on any atom is 0.490 e. The van der Waals surface area contributed by atoms with Gasteiger partial charge in [0.1, 0.15) is 30.3 Å². The van der Waals surface area contributed by atoms with Crippen LogP contribution in [0, 0.1) is 0 Å². The highest BCUT2D eigenvalue weighted by molar-refractivity contribution is 7.66. The number of rotatable bonds is 11. The van der Waals surface area contributed by atoms with Gasteiger partial charge in [0.05, 0.1) is 18.5 Å². The van der Waals surface area contributed by atoms with Crippen LogP contribution in [0.2, 0.25) is 0 Å². The van der Waals surface area contributed by atoms with Gasteiger partial charge in [-0.2, -0.15) is 8.62 Å². The lowest BCUT2D eigenvalue weighted by molar-refractivity contribution is -0.0489. The second-order valence-corrected chi connectivity index (χ2v) is 12.5. The first-order valence-corrected chi connectivity index (χ1v) is 15.5. The number of ether oxygens (including phenoxy) is 2. The molecule has 0 aliphatic carbocycles. The van der Waals surface area contributed by atoms with E-state index in [-0.39, 0.29) is 29.0 Å². The van der Waals surface area contributed by atoms with E-state index in [1.807, 2.05) is 0 Å². The Kier molecular flexibility index (Phi) is 8.75. The molecule has 2 aromatic heterocycles. The van der Waals surface area contributed by atoms with E-state index < -0.39 is 54.5 Å². The Morgan fingerprint density at radius 2 is 1.85 bits per heavy atom.